The Bertz CT molecular complexity index is 180. The van der Waals surface area contributed by atoms with E-state index in [9.17, 15) is 4.79 Å². The van der Waals surface area contributed by atoms with Crippen LogP contribution in [0.5, 0.6) is 0 Å². The highest BCUT2D eigenvalue weighted by molar-refractivity contribution is 5.94. The lowest BCUT2D eigenvalue weighted by molar-refractivity contribution is -0.122. The smallest absolute Gasteiger partial charge is 0.172 e. The van der Waals surface area contributed by atoms with Crippen LogP contribution < -0.4 is 5.73 Å². The van der Waals surface area contributed by atoms with Crippen molar-refractivity contribution in [1.29, 1.82) is 0 Å². The van der Waals surface area contributed by atoms with Gasteiger partial charge in [0.2, 0.25) is 0 Å². The largest absolute Gasteiger partial charge is 0.396 e. The van der Waals surface area contributed by atoms with Crippen LogP contribution in [0.25, 0.3) is 0 Å². The molecule has 0 rings (SSSR count). The number of carbonyl (C=O) groups excluding carboxylic acids is 1. The Balaban J connectivity index is 4.71. The highest BCUT2D eigenvalue weighted by Crippen LogP contribution is 2.19. The molecule has 5 heteroatoms. The SMILES string of the molecule is C=CC(=O)C(N)C(CO)(CO)CO. The van der Waals surface area contributed by atoms with E-state index < -0.39 is 37.1 Å². The summed E-state index contributed by atoms with van der Waals surface area (Å²) in [5, 5.41) is 26.7. The molecule has 0 spiro atoms. The predicted molar refractivity (Wildman–Crippen MR) is 46.9 cm³/mol. The Hall–Kier alpha value is -0.750. The highest BCUT2D eigenvalue weighted by Gasteiger charge is 2.38. The first kappa shape index (κ1) is 12.2. The molecule has 0 bridgehead atoms. The van der Waals surface area contributed by atoms with E-state index in [1.807, 2.05) is 0 Å². The number of ketones is 1. The molecule has 1 atom stereocenters. The van der Waals surface area contributed by atoms with Crippen LogP contribution in [0.1, 0.15) is 0 Å². The lowest BCUT2D eigenvalue weighted by Crippen LogP contribution is -2.53. The van der Waals surface area contributed by atoms with E-state index in [0.29, 0.717) is 0 Å². The maximum absolute atomic E-state index is 11.1. The van der Waals surface area contributed by atoms with Crippen molar-refractivity contribution in [2.45, 2.75) is 6.04 Å². The van der Waals surface area contributed by atoms with Crippen molar-refractivity contribution in [1.82, 2.24) is 0 Å². The molecule has 5 nitrogen and oxygen atoms in total. The lowest BCUT2D eigenvalue weighted by Gasteiger charge is -2.31. The van der Waals surface area contributed by atoms with Crippen LogP contribution in [-0.2, 0) is 4.79 Å². The molecule has 13 heavy (non-hydrogen) atoms. The molecular weight excluding hydrogens is 174 g/mol. The fraction of sp³-hybridized carbons (Fsp3) is 0.625. The molecule has 0 aromatic carbocycles. The topological polar surface area (TPSA) is 104 Å². The molecule has 0 saturated carbocycles. The van der Waals surface area contributed by atoms with E-state index >= 15 is 0 Å². The van der Waals surface area contributed by atoms with Gasteiger partial charge in [0.15, 0.2) is 5.78 Å². The molecule has 0 amide bonds. The first-order chi connectivity index (χ1) is 6.07. The third kappa shape index (κ3) is 2.35. The number of hydrogen-bond acceptors (Lipinski definition) is 5. The van der Waals surface area contributed by atoms with Crippen molar-refractivity contribution in [3.8, 4) is 0 Å². The number of nitrogens with two attached hydrogens (primary N) is 1. The second-order valence-corrected chi connectivity index (χ2v) is 2.92. The summed E-state index contributed by atoms with van der Waals surface area (Å²) < 4.78 is 0. The summed E-state index contributed by atoms with van der Waals surface area (Å²) in [5.74, 6) is -0.517. The third-order valence-electron chi connectivity index (χ3n) is 2.11. The fourth-order valence-corrected chi connectivity index (χ4v) is 0.874. The Morgan fingerprint density at radius 2 is 1.77 bits per heavy atom. The normalized spacial score (nSPS) is 13.8. The van der Waals surface area contributed by atoms with Crippen molar-refractivity contribution in [3.63, 3.8) is 0 Å². The van der Waals surface area contributed by atoms with Gasteiger partial charge in [-0.2, -0.15) is 0 Å². The fourth-order valence-electron chi connectivity index (χ4n) is 0.874. The van der Waals surface area contributed by atoms with Crippen molar-refractivity contribution in [2.75, 3.05) is 19.8 Å². The summed E-state index contributed by atoms with van der Waals surface area (Å²) in [5.41, 5.74) is 4.07. The third-order valence-corrected chi connectivity index (χ3v) is 2.11. The second kappa shape index (κ2) is 5.08. The van der Waals surface area contributed by atoms with E-state index in [-0.39, 0.29) is 0 Å². The Kier molecular flexibility index (Phi) is 4.79. The van der Waals surface area contributed by atoms with Crippen LogP contribution in [0.3, 0.4) is 0 Å². The van der Waals surface area contributed by atoms with Gasteiger partial charge < -0.3 is 21.1 Å². The van der Waals surface area contributed by atoms with Crippen LogP contribution >= 0.6 is 0 Å². The molecule has 0 fully saturated rings. The van der Waals surface area contributed by atoms with Gasteiger partial charge in [-0.05, 0) is 6.08 Å². The Morgan fingerprint density at radius 1 is 1.38 bits per heavy atom. The van der Waals surface area contributed by atoms with E-state index in [1.54, 1.807) is 0 Å². The first-order valence-corrected chi connectivity index (χ1v) is 3.82. The van der Waals surface area contributed by atoms with Gasteiger partial charge in [-0.15, -0.1) is 0 Å². The first-order valence-electron chi connectivity index (χ1n) is 3.82. The Morgan fingerprint density at radius 3 is 2.00 bits per heavy atom. The van der Waals surface area contributed by atoms with Crippen molar-refractivity contribution in [2.24, 2.45) is 11.1 Å². The Labute approximate surface area is 76.5 Å². The van der Waals surface area contributed by atoms with Crippen LogP contribution in [0.15, 0.2) is 12.7 Å². The molecular formula is C8H15NO4. The number of aliphatic hydroxyl groups excluding tert-OH is 3. The summed E-state index contributed by atoms with van der Waals surface area (Å²) in [6.07, 6.45) is 1.00. The summed E-state index contributed by atoms with van der Waals surface area (Å²) >= 11 is 0. The highest BCUT2D eigenvalue weighted by atomic mass is 16.3. The van der Waals surface area contributed by atoms with Crippen LogP contribution in [0, 0.1) is 5.41 Å². The molecule has 0 aliphatic rings. The van der Waals surface area contributed by atoms with E-state index in [2.05, 4.69) is 6.58 Å². The molecule has 0 aromatic heterocycles. The van der Waals surface area contributed by atoms with Gasteiger partial charge in [0, 0.05) is 0 Å². The molecule has 5 N–H and O–H groups in total. The van der Waals surface area contributed by atoms with E-state index in [4.69, 9.17) is 21.1 Å². The van der Waals surface area contributed by atoms with Gasteiger partial charge in [0.25, 0.3) is 0 Å². The second-order valence-electron chi connectivity index (χ2n) is 2.92. The van der Waals surface area contributed by atoms with Gasteiger partial charge in [-0.1, -0.05) is 6.58 Å². The zero-order valence-electron chi connectivity index (χ0n) is 7.31. The molecule has 0 aliphatic heterocycles. The van der Waals surface area contributed by atoms with Crippen molar-refractivity contribution < 1.29 is 20.1 Å². The van der Waals surface area contributed by atoms with Crippen molar-refractivity contribution >= 4 is 5.78 Å². The predicted octanol–water partition coefficient (Wildman–Crippen LogP) is -1.97. The minimum atomic E-state index is -1.37. The molecule has 0 saturated heterocycles. The van der Waals surface area contributed by atoms with Crippen LogP contribution in [0.4, 0.5) is 0 Å². The molecule has 76 valence electrons. The number of carbonyl (C=O) groups is 1. The summed E-state index contributed by atoms with van der Waals surface area (Å²) in [6.45, 7) is 1.56. The monoisotopic (exact) mass is 189 g/mol. The molecule has 0 aliphatic carbocycles. The lowest BCUT2D eigenvalue weighted by atomic mass is 9.81. The average Bonchev–Trinajstić information content (AvgIpc) is 2.20. The minimum absolute atomic E-state index is 0.517. The van der Waals surface area contributed by atoms with Crippen molar-refractivity contribution in [3.05, 3.63) is 12.7 Å². The molecule has 0 radical (unpaired) electrons. The zero-order valence-corrected chi connectivity index (χ0v) is 7.31. The number of hydrogen-bond donors (Lipinski definition) is 4. The minimum Gasteiger partial charge on any atom is -0.396 e. The molecule has 0 aromatic rings. The van der Waals surface area contributed by atoms with Gasteiger partial charge >= 0.3 is 0 Å². The molecule has 0 heterocycles. The quantitative estimate of drug-likeness (QED) is 0.363. The summed E-state index contributed by atoms with van der Waals surface area (Å²) in [4.78, 5) is 11.1. The number of aliphatic hydroxyl groups is 3. The van der Waals surface area contributed by atoms with Gasteiger partial charge in [-0.3, -0.25) is 4.79 Å². The van der Waals surface area contributed by atoms with Gasteiger partial charge in [-0.25, -0.2) is 0 Å². The molecule has 1 unspecified atom stereocenters. The standard InChI is InChI=1S/C8H15NO4/c1-2-6(13)7(9)8(3-10,4-11)5-12/h2,7,10-12H,1,3-5,9H2. The summed E-state index contributed by atoms with van der Waals surface area (Å²) in [7, 11) is 0. The van der Waals surface area contributed by atoms with Crippen LogP contribution in [-0.4, -0.2) is 47.0 Å². The van der Waals surface area contributed by atoms with Crippen LogP contribution in [0.2, 0.25) is 0 Å². The van der Waals surface area contributed by atoms with E-state index in [1.165, 1.54) is 0 Å². The number of rotatable bonds is 6. The van der Waals surface area contributed by atoms with Gasteiger partial charge in [0.05, 0.1) is 31.3 Å². The average molecular weight is 189 g/mol. The maximum atomic E-state index is 11.1. The maximum Gasteiger partial charge on any atom is 0.172 e. The summed E-state index contributed by atoms with van der Waals surface area (Å²) in [6, 6.07) is -1.13. The zero-order chi connectivity index (χ0) is 10.5. The van der Waals surface area contributed by atoms with E-state index in [0.717, 1.165) is 6.08 Å². The van der Waals surface area contributed by atoms with Gasteiger partial charge in [0.1, 0.15) is 0 Å².